The van der Waals surface area contributed by atoms with Crippen molar-refractivity contribution >= 4 is 11.3 Å². The Morgan fingerprint density at radius 3 is 3.00 bits per heavy atom. The standard InChI is InChI=1S/C14H25N3S/c1-13-11-16(2)8-9-17(13)7-6-15-5-3-14-4-10-18-12-14/h4,10,12-13,15H,3,5-9,11H2,1-2H3. The van der Waals surface area contributed by atoms with E-state index >= 15 is 0 Å². The number of hydrogen-bond donors (Lipinski definition) is 1. The molecule has 0 aromatic carbocycles. The number of rotatable bonds is 6. The lowest BCUT2D eigenvalue weighted by atomic mass is 10.2. The summed E-state index contributed by atoms with van der Waals surface area (Å²) in [6, 6.07) is 2.91. The van der Waals surface area contributed by atoms with Crippen molar-refractivity contribution in [2.75, 3.05) is 46.3 Å². The Bertz CT molecular complexity index is 326. The van der Waals surface area contributed by atoms with Gasteiger partial charge in [0.05, 0.1) is 0 Å². The molecule has 0 radical (unpaired) electrons. The van der Waals surface area contributed by atoms with Gasteiger partial charge in [-0.2, -0.15) is 11.3 Å². The van der Waals surface area contributed by atoms with E-state index in [0.29, 0.717) is 6.04 Å². The van der Waals surface area contributed by atoms with E-state index in [1.807, 2.05) is 0 Å². The van der Waals surface area contributed by atoms with Gasteiger partial charge in [0.25, 0.3) is 0 Å². The molecular formula is C14H25N3S. The number of nitrogens with zero attached hydrogens (tertiary/aromatic N) is 2. The van der Waals surface area contributed by atoms with Crippen molar-refractivity contribution < 1.29 is 0 Å². The molecule has 18 heavy (non-hydrogen) atoms. The first-order chi connectivity index (χ1) is 8.75. The Kier molecular flexibility index (Phi) is 5.63. The molecule has 1 unspecified atom stereocenters. The van der Waals surface area contributed by atoms with Gasteiger partial charge in [-0.15, -0.1) is 0 Å². The molecule has 1 aromatic rings. The Morgan fingerprint density at radius 1 is 1.39 bits per heavy atom. The molecule has 0 saturated carbocycles. The van der Waals surface area contributed by atoms with Crippen molar-refractivity contribution in [3.8, 4) is 0 Å². The lowest BCUT2D eigenvalue weighted by molar-refractivity contribution is 0.101. The van der Waals surface area contributed by atoms with E-state index in [1.165, 1.54) is 31.7 Å². The van der Waals surface area contributed by atoms with Crippen LogP contribution in [-0.2, 0) is 6.42 Å². The van der Waals surface area contributed by atoms with Crippen molar-refractivity contribution in [1.82, 2.24) is 15.1 Å². The third kappa shape index (κ3) is 4.35. The first-order valence-electron chi connectivity index (χ1n) is 6.90. The van der Waals surface area contributed by atoms with Gasteiger partial charge in [0, 0.05) is 38.8 Å². The van der Waals surface area contributed by atoms with Gasteiger partial charge < -0.3 is 10.2 Å². The minimum Gasteiger partial charge on any atom is -0.315 e. The van der Waals surface area contributed by atoms with Crippen LogP contribution >= 0.6 is 11.3 Å². The maximum Gasteiger partial charge on any atom is 0.0195 e. The topological polar surface area (TPSA) is 18.5 Å². The van der Waals surface area contributed by atoms with Crippen LogP contribution in [0.2, 0.25) is 0 Å². The van der Waals surface area contributed by atoms with E-state index in [0.717, 1.165) is 19.5 Å². The average molecular weight is 267 g/mol. The van der Waals surface area contributed by atoms with Gasteiger partial charge in [0.1, 0.15) is 0 Å². The van der Waals surface area contributed by atoms with Crippen LogP contribution in [0, 0.1) is 0 Å². The Hall–Kier alpha value is -0.420. The Morgan fingerprint density at radius 2 is 2.28 bits per heavy atom. The second kappa shape index (κ2) is 7.24. The van der Waals surface area contributed by atoms with Crippen LogP contribution in [0.25, 0.3) is 0 Å². The average Bonchev–Trinajstić information content (AvgIpc) is 2.84. The van der Waals surface area contributed by atoms with Crippen LogP contribution in [0.5, 0.6) is 0 Å². The van der Waals surface area contributed by atoms with Gasteiger partial charge in [0.2, 0.25) is 0 Å². The SMILES string of the molecule is CC1CN(C)CCN1CCNCCc1ccsc1. The highest BCUT2D eigenvalue weighted by Crippen LogP contribution is 2.07. The fraction of sp³-hybridized carbons (Fsp3) is 0.714. The molecule has 2 heterocycles. The van der Waals surface area contributed by atoms with Crippen LogP contribution in [0.4, 0.5) is 0 Å². The van der Waals surface area contributed by atoms with Gasteiger partial charge in [-0.25, -0.2) is 0 Å². The van der Waals surface area contributed by atoms with Crippen LogP contribution in [0.1, 0.15) is 12.5 Å². The molecule has 102 valence electrons. The maximum absolute atomic E-state index is 3.55. The van der Waals surface area contributed by atoms with E-state index in [1.54, 1.807) is 11.3 Å². The molecule has 2 rings (SSSR count). The summed E-state index contributed by atoms with van der Waals surface area (Å²) >= 11 is 1.79. The molecule has 0 spiro atoms. The third-order valence-corrected chi connectivity index (χ3v) is 4.45. The van der Waals surface area contributed by atoms with Crippen LogP contribution < -0.4 is 5.32 Å². The third-order valence-electron chi connectivity index (χ3n) is 3.71. The summed E-state index contributed by atoms with van der Waals surface area (Å²) in [4.78, 5) is 5.02. The highest BCUT2D eigenvalue weighted by atomic mass is 32.1. The predicted octanol–water partition coefficient (Wildman–Crippen LogP) is 1.52. The summed E-state index contributed by atoms with van der Waals surface area (Å²) in [6.45, 7) is 9.34. The largest absolute Gasteiger partial charge is 0.315 e. The molecule has 1 N–H and O–H groups in total. The maximum atomic E-state index is 3.55. The van der Waals surface area contributed by atoms with Gasteiger partial charge in [-0.3, -0.25) is 4.90 Å². The molecule has 1 aliphatic heterocycles. The molecule has 0 bridgehead atoms. The zero-order valence-electron chi connectivity index (χ0n) is 11.6. The molecule has 0 amide bonds. The second-order valence-corrected chi connectivity index (χ2v) is 6.06. The molecule has 0 aliphatic carbocycles. The van der Waals surface area contributed by atoms with Crippen molar-refractivity contribution in [3.63, 3.8) is 0 Å². The molecule has 1 fully saturated rings. The minimum atomic E-state index is 0.697. The fourth-order valence-corrected chi connectivity index (χ4v) is 3.23. The molecular weight excluding hydrogens is 242 g/mol. The van der Waals surface area contributed by atoms with Gasteiger partial charge >= 0.3 is 0 Å². The summed E-state index contributed by atoms with van der Waals surface area (Å²) in [7, 11) is 2.22. The van der Waals surface area contributed by atoms with Crippen LogP contribution in [0.3, 0.4) is 0 Å². The van der Waals surface area contributed by atoms with E-state index in [9.17, 15) is 0 Å². The molecule has 1 aliphatic rings. The number of thiophene rings is 1. The van der Waals surface area contributed by atoms with Crippen molar-refractivity contribution in [2.45, 2.75) is 19.4 Å². The normalized spacial score (nSPS) is 22.4. The second-order valence-electron chi connectivity index (χ2n) is 5.28. The quantitative estimate of drug-likeness (QED) is 0.788. The fourth-order valence-electron chi connectivity index (χ4n) is 2.52. The predicted molar refractivity (Wildman–Crippen MR) is 79.4 cm³/mol. The van der Waals surface area contributed by atoms with Crippen molar-refractivity contribution in [2.24, 2.45) is 0 Å². The summed E-state index contributed by atoms with van der Waals surface area (Å²) in [5.41, 5.74) is 1.46. The Balaban J connectivity index is 1.55. The number of hydrogen-bond acceptors (Lipinski definition) is 4. The zero-order chi connectivity index (χ0) is 12.8. The van der Waals surface area contributed by atoms with Crippen LogP contribution in [-0.4, -0.2) is 62.2 Å². The minimum absolute atomic E-state index is 0.697. The lowest BCUT2D eigenvalue weighted by Gasteiger charge is -2.38. The van der Waals surface area contributed by atoms with Gasteiger partial charge in [0.15, 0.2) is 0 Å². The summed E-state index contributed by atoms with van der Waals surface area (Å²) in [5, 5.41) is 7.95. The Labute approximate surface area is 115 Å². The van der Waals surface area contributed by atoms with E-state index in [4.69, 9.17) is 0 Å². The first kappa shape index (κ1) is 14.0. The highest BCUT2D eigenvalue weighted by Gasteiger charge is 2.20. The summed E-state index contributed by atoms with van der Waals surface area (Å²) < 4.78 is 0. The molecule has 4 heteroatoms. The van der Waals surface area contributed by atoms with E-state index in [-0.39, 0.29) is 0 Å². The summed E-state index contributed by atoms with van der Waals surface area (Å²) in [5.74, 6) is 0. The molecule has 1 aromatic heterocycles. The summed E-state index contributed by atoms with van der Waals surface area (Å²) in [6.07, 6.45) is 1.15. The van der Waals surface area contributed by atoms with E-state index in [2.05, 4.69) is 45.9 Å². The number of piperazine rings is 1. The number of likely N-dealkylation sites (N-methyl/N-ethyl adjacent to an activating group) is 1. The molecule has 1 atom stereocenters. The molecule has 3 nitrogen and oxygen atoms in total. The monoisotopic (exact) mass is 267 g/mol. The van der Waals surface area contributed by atoms with Gasteiger partial charge in [-0.1, -0.05) is 0 Å². The van der Waals surface area contributed by atoms with Gasteiger partial charge in [-0.05, 0) is 49.3 Å². The van der Waals surface area contributed by atoms with Crippen LogP contribution in [0.15, 0.2) is 16.8 Å². The highest BCUT2D eigenvalue weighted by molar-refractivity contribution is 7.07. The first-order valence-corrected chi connectivity index (χ1v) is 7.84. The zero-order valence-corrected chi connectivity index (χ0v) is 12.4. The van der Waals surface area contributed by atoms with E-state index < -0.39 is 0 Å². The molecule has 1 saturated heterocycles. The van der Waals surface area contributed by atoms with Crippen molar-refractivity contribution in [1.29, 1.82) is 0 Å². The number of nitrogens with one attached hydrogen (secondary N) is 1. The smallest absolute Gasteiger partial charge is 0.0195 e. The lowest BCUT2D eigenvalue weighted by Crippen LogP contribution is -2.52. The van der Waals surface area contributed by atoms with Crippen molar-refractivity contribution in [3.05, 3.63) is 22.4 Å².